The Morgan fingerprint density at radius 3 is 2.56 bits per heavy atom. The molecule has 9 heteroatoms. The molecule has 1 amide bonds. The number of halogens is 3. The second-order valence-corrected chi connectivity index (χ2v) is 15.6. The van der Waals surface area contributed by atoms with Crippen LogP contribution in [0.1, 0.15) is 87.6 Å². The predicted molar refractivity (Wildman–Crippen MR) is 159 cm³/mol. The fourth-order valence-electron chi connectivity index (χ4n) is 11.6. The summed E-state index contributed by atoms with van der Waals surface area (Å²) in [5.74, 6) is -0.338. The van der Waals surface area contributed by atoms with Crippen LogP contribution in [0.5, 0.6) is 0 Å². The van der Waals surface area contributed by atoms with Gasteiger partial charge in [0.1, 0.15) is 5.60 Å². The first-order chi connectivity index (χ1) is 21.3. The number of aliphatic hydroxyl groups is 1. The van der Waals surface area contributed by atoms with Gasteiger partial charge in [-0.2, -0.15) is 13.2 Å². The van der Waals surface area contributed by atoms with Crippen LogP contribution in [0, 0.1) is 33.5 Å². The topological polar surface area (TPSA) is 76.1 Å². The van der Waals surface area contributed by atoms with E-state index in [1.165, 1.54) is 12.1 Å². The van der Waals surface area contributed by atoms with Crippen molar-refractivity contribution in [2.75, 3.05) is 19.7 Å². The van der Waals surface area contributed by atoms with Crippen molar-refractivity contribution in [1.29, 1.82) is 0 Å². The minimum Gasteiger partial charge on any atom is -0.440 e. The Morgan fingerprint density at radius 2 is 1.80 bits per heavy atom. The van der Waals surface area contributed by atoms with Gasteiger partial charge in [-0.1, -0.05) is 44.2 Å². The number of allylic oxidation sites excluding steroid dienone is 4. The highest BCUT2D eigenvalue weighted by molar-refractivity contribution is 6.10. The van der Waals surface area contributed by atoms with Gasteiger partial charge in [0.05, 0.1) is 30.9 Å². The largest absolute Gasteiger partial charge is 0.440 e. The summed E-state index contributed by atoms with van der Waals surface area (Å²) in [6, 6.07) is 4.78. The lowest BCUT2D eigenvalue weighted by Crippen LogP contribution is -2.67. The Hall–Kier alpha value is -2.65. The van der Waals surface area contributed by atoms with Gasteiger partial charge in [-0.25, -0.2) is 4.79 Å². The van der Waals surface area contributed by atoms with Crippen molar-refractivity contribution < 1.29 is 37.3 Å². The minimum atomic E-state index is -4.56. The highest BCUT2D eigenvalue weighted by Gasteiger charge is 2.76. The van der Waals surface area contributed by atoms with Gasteiger partial charge >= 0.3 is 12.3 Å². The lowest BCUT2D eigenvalue weighted by molar-refractivity contribution is -0.164. The van der Waals surface area contributed by atoms with E-state index < -0.39 is 39.7 Å². The zero-order chi connectivity index (χ0) is 31.6. The summed E-state index contributed by atoms with van der Waals surface area (Å²) in [4.78, 5) is 29.8. The second-order valence-electron chi connectivity index (χ2n) is 15.6. The van der Waals surface area contributed by atoms with Crippen LogP contribution in [-0.4, -0.2) is 59.4 Å². The number of hydrogen-bond donors (Lipinski definition) is 1. The standard InChI is InChI=1S/C36H42F3NO5/c1-31-11-8-24(41)18-33(31)14-15-35(26(19-33)29(42)22-5-3-6-23(17-22)36(37,38)39)27(31)9-12-32(2)28(35)10-13-34(32)21-40(30(43)45-34)20-25-7-4-16-44-25/h3,5-6,14-15,17,19,24-25,27-28,41H,4,7-13,16,18,20-21H2,1-2H3. The number of benzene rings is 1. The molecule has 9 rings (SSSR count). The van der Waals surface area contributed by atoms with Gasteiger partial charge in [0, 0.05) is 34.0 Å². The fourth-order valence-corrected chi connectivity index (χ4v) is 11.6. The first-order valence-electron chi connectivity index (χ1n) is 16.7. The Balaban J connectivity index is 1.23. The molecule has 3 saturated carbocycles. The van der Waals surface area contributed by atoms with Gasteiger partial charge in [0.25, 0.3) is 0 Å². The molecular formula is C36H42F3NO5. The van der Waals surface area contributed by atoms with Crippen molar-refractivity contribution >= 4 is 11.9 Å². The lowest BCUT2D eigenvalue weighted by atomic mass is 9.32. The van der Waals surface area contributed by atoms with Crippen molar-refractivity contribution in [2.45, 2.75) is 95.6 Å². The van der Waals surface area contributed by atoms with E-state index in [9.17, 15) is 27.9 Å². The molecule has 0 radical (unpaired) electrons. The van der Waals surface area contributed by atoms with E-state index >= 15 is 0 Å². The molecule has 1 aromatic rings. The summed E-state index contributed by atoms with van der Waals surface area (Å²) >= 11 is 0. The van der Waals surface area contributed by atoms with Crippen LogP contribution in [0.2, 0.25) is 0 Å². The molecule has 5 fully saturated rings. The number of Topliss-reactive ketones (excluding diaryl/α,β-unsaturated/α-hetero) is 1. The molecule has 1 aromatic carbocycles. The van der Waals surface area contributed by atoms with E-state index in [0.717, 1.165) is 50.7 Å². The lowest BCUT2D eigenvalue weighted by Gasteiger charge is -2.71. The molecule has 0 aromatic heterocycles. The molecule has 9 unspecified atom stereocenters. The number of ether oxygens (including phenoxy) is 2. The highest BCUT2D eigenvalue weighted by Crippen LogP contribution is 2.79. The minimum absolute atomic E-state index is 0.0148. The van der Waals surface area contributed by atoms with Crippen LogP contribution in [0.4, 0.5) is 18.0 Å². The normalized spacial score (nSPS) is 44.9. The van der Waals surface area contributed by atoms with Gasteiger partial charge in [0.2, 0.25) is 0 Å². The monoisotopic (exact) mass is 625 g/mol. The van der Waals surface area contributed by atoms with E-state index in [2.05, 4.69) is 32.1 Å². The van der Waals surface area contributed by atoms with Crippen LogP contribution >= 0.6 is 0 Å². The van der Waals surface area contributed by atoms with Crippen LogP contribution in [0.15, 0.2) is 48.1 Å². The van der Waals surface area contributed by atoms with Crippen molar-refractivity contribution in [1.82, 2.24) is 4.90 Å². The summed E-state index contributed by atoms with van der Waals surface area (Å²) in [6.07, 6.45) is 8.08. The third-order valence-electron chi connectivity index (χ3n) is 13.8. The zero-order valence-electron chi connectivity index (χ0n) is 26.0. The Kier molecular flexibility index (Phi) is 6.25. The number of nitrogens with zero attached hydrogens (tertiary/aromatic N) is 1. The summed E-state index contributed by atoms with van der Waals surface area (Å²) in [7, 11) is 0. The maximum atomic E-state index is 14.6. The summed E-state index contributed by atoms with van der Waals surface area (Å²) in [6.45, 7) is 6.23. The molecule has 2 saturated heterocycles. The summed E-state index contributed by atoms with van der Waals surface area (Å²) in [5, 5.41) is 10.9. The molecule has 9 atom stereocenters. The number of carbonyl (C=O) groups is 2. The summed E-state index contributed by atoms with van der Waals surface area (Å²) < 4.78 is 53.6. The van der Waals surface area contributed by atoms with E-state index in [-0.39, 0.29) is 40.8 Å². The first kappa shape index (κ1) is 29.7. The number of aliphatic hydroxyl groups excluding tert-OH is 1. The first-order valence-corrected chi connectivity index (χ1v) is 16.7. The van der Waals surface area contributed by atoms with E-state index in [0.29, 0.717) is 44.5 Å². The fraction of sp³-hybridized carbons (Fsp3) is 0.667. The second kappa shape index (κ2) is 9.46. The molecule has 1 N–H and O–H groups in total. The quantitative estimate of drug-likeness (QED) is 0.285. The average molecular weight is 626 g/mol. The molecule has 45 heavy (non-hydrogen) atoms. The number of alkyl halides is 3. The van der Waals surface area contributed by atoms with Gasteiger partial charge in [0.15, 0.2) is 5.78 Å². The molecule has 6 nitrogen and oxygen atoms in total. The number of amides is 1. The third-order valence-corrected chi connectivity index (χ3v) is 13.8. The van der Waals surface area contributed by atoms with Crippen molar-refractivity contribution in [2.24, 2.45) is 33.5 Å². The van der Waals surface area contributed by atoms with Crippen LogP contribution in [0.3, 0.4) is 0 Å². The van der Waals surface area contributed by atoms with Crippen LogP contribution < -0.4 is 0 Å². The van der Waals surface area contributed by atoms with E-state index in [1.807, 2.05) is 4.90 Å². The SMILES string of the molecule is CC12CCC(O)CC13C=CC1(C(C(=O)c4cccc(C(F)(F)F)c4)=C3)C2CCC2(C)C1CCC21CN(CC2CCCO2)C(=O)O1. The van der Waals surface area contributed by atoms with Crippen molar-refractivity contribution in [3.63, 3.8) is 0 Å². The molecule has 8 aliphatic rings. The zero-order valence-corrected chi connectivity index (χ0v) is 26.0. The van der Waals surface area contributed by atoms with Gasteiger partial charge in [-0.3, -0.25) is 4.79 Å². The highest BCUT2D eigenvalue weighted by atomic mass is 19.4. The maximum absolute atomic E-state index is 14.6. The number of hydrogen-bond acceptors (Lipinski definition) is 5. The molecule has 2 aliphatic heterocycles. The molecule has 242 valence electrons. The third kappa shape index (κ3) is 3.83. The number of fused-ring (bicyclic) bond motifs is 2. The van der Waals surface area contributed by atoms with Gasteiger partial charge in [-0.15, -0.1) is 0 Å². The Bertz CT molecular complexity index is 1520. The Labute approximate surface area is 262 Å². The van der Waals surface area contributed by atoms with Crippen molar-refractivity contribution in [3.05, 3.63) is 59.2 Å². The number of rotatable bonds is 4. The predicted octanol–water partition coefficient (Wildman–Crippen LogP) is 7.12. The van der Waals surface area contributed by atoms with Gasteiger partial charge < -0.3 is 19.5 Å². The van der Waals surface area contributed by atoms with Gasteiger partial charge in [-0.05, 0) is 87.2 Å². The van der Waals surface area contributed by atoms with E-state index in [1.54, 1.807) is 0 Å². The number of carbonyl (C=O) groups excluding carboxylic acids is 2. The summed E-state index contributed by atoms with van der Waals surface area (Å²) in [5.41, 5.74) is -2.86. The maximum Gasteiger partial charge on any atom is 0.416 e. The molecular weight excluding hydrogens is 583 g/mol. The van der Waals surface area contributed by atoms with Crippen molar-refractivity contribution in [3.8, 4) is 0 Å². The Morgan fingerprint density at radius 1 is 1.04 bits per heavy atom. The smallest absolute Gasteiger partial charge is 0.416 e. The average Bonchev–Trinajstić information content (AvgIpc) is 3.70. The molecule has 2 heterocycles. The van der Waals surface area contributed by atoms with E-state index in [4.69, 9.17) is 9.47 Å². The van der Waals surface area contributed by atoms with Crippen LogP contribution in [0.25, 0.3) is 0 Å². The molecule has 6 aliphatic carbocycles. The van der Waals surface area contributed by atoms with Crippen LogP contribution in [-0.2, 0) is 15.7 Å². The molecule has 3 spiro atoms. The molecule has 2 bridgehead atoms. The number of ketones is 1.